The van der Waals surface area contributed by atoms with E-state index in [4.69, 9.17) is 0 Å². The van der Waals surface area contributed by atoms with E-state index >= 15 is 0 Å². The van der Waals surface area contributed by atoms with Crippen molar-refractivity contribution in [3.8, 4) is 0 Å². The van der Waals surface area contributed by atoms with E-state index in [9.17, 15) is 4.79 Å². The summed E-state index contributed by atoms with van der Waals surface area (Å²) < 4.78 is 0. The van der Waals surface area contributed by atoms with Crippen molar-refractivity contribution >= 4 is 5.91 Å². The van der Waals surface area contributed by atoms with Crippen molar-refractivity contribution in [2.24, 2.45) is 0 Å². The highest BCUT2D eigenvalue weighted by Crippen LogP contribution is 2.27. The molecule has 0 radical (unpaired) electrons. The third kappa shape index (κ3) is 3.46. The van der Waals surface area contributed by atoms with Gasteiger partial charge >= 0.3 is 0 Å². The van der Waals surface area contributed by atoms with Gasteiger partial charge in [-0.1, -0.05) is 43.2 Å². The topological polar surface area (TPSA) is 32.3 Å². The molecule has 2 heterocycles. The number of hydrogen-bond acceptors (Lipinski definition) is 2. The number of likely N-dealkylation sites (tertiary alicyclic amines) is 1. The predicted molar refractivity (Wildman–Crippen MR) is 85.1 cm³/mol. The Morgan fingerprint density at radius 1 is 1.24 bits per heavy atom. The average Bonchev–Trinajstić information content (AvgIpc) is 2.82. The lowest BCUT2D eigenvalue weighted by molar-refractivity contribution is -0.131. The summed E-state index contributed by atoms with van der Waals surface area (Å²) in [4.78, 5) is 14.1. The molecule has 0 unspecified atom stereocenters. The number of benzene rings is 1. The van der Waals surface area contributed by atoms with Crippen LogP contribution in [0.1, 0.15) is 44.6 Å². The highest BCUT2D eigenvalue weighted by Gasteiger charge is 2.38. The quantitative estimate of drug-likeness (QED) is 0.906. The lowest BCUT2D eigenvalue weighted by atomic mass is 9.96. The molecule has 2 saturated heterocycles. The largest absolute Gasteiger partial charge is 0.338 e. The van der Waals surface area contributed by atoms with Crippen molar-refractivity contribution in [2.45, 2.75) is 63.6 Å². The number of carbonyl (C=O) groups excluding carboxylic acids is 1. The standard InChI is InChI=1S/C18H26N2O/c1-14(21)20-11-7-3-6-10-17-18(20)13-16(19-17)12-15-8-4-2-5-9-15/h2,4-5,8-9,16-19H,3,6-7,10-13H2,1H3/t16-,17-,18+/m1/s1. The lowest BCUT2D eigenvalue weighted by Gasteiger charge is -2.34. The van der Waals surface area contributed by atoms with Crippen molar-refractivity contribution in [3.05, 3.63) is 35.9 Å². The molecular formula is C18H26N2O. The zero-order valence-electron chi connectivity index (χ0n) is 12.9. The van der Waals surface area contributed by atoms with Crippen LogP contribution in [0.2, 0.25) is 0 Å². The molecule has 1 N–H and O–H groups in total. The Hall–Kier alpha value is -1.35. The smallest absolute Gasteiger partial charge is 0.219 e. The minimum atomic E-state index is 0.245. The number of amides is 1. The van der Waals surface area contributed by atoms with Gasteiger partial charge < -0.3 is 10.2 Å². The van der Waals surface area contributed by atoms with E-state index in [1.54, 1.807) is 6.92 Å². The van der Waals surface area contributed by atoms with E-state index in [0.717, 1.165) is 25.8 Å². The Morgan fingerprint density at radius 3 is 2.81 bits per heavy atom. The first-order valence-electron chi connectivity index (χ1n) is 8.31. The summed E-state index contributed by atoms with van der Waals surface area (Å²) in [6, 6.07) is 12.1. The van der Waals surface area contributed by atoms with Crippen LogP contribution in [0, 0.1) is 0 Å². The third-order valence-electron chi connectivity index (χ3n) is 4.98. The van der Waals surface area contributed by atoms with E-state index in [-0.39, 0.29) is 5.91 Å². The van der Waals surface area contributed by atoms with Gasteiger partial charge in [0.1, 0.15) is 0 Å². The van der Waals surface area contributed by atoms with E-state index in [1.165, 1.54) is 24.8 Å². The summed E-state index contributed by atoms with van der Waals surface area (Å²) in [5.41, 5.74) is 1.39. The van der Waals surface area contributed by atoms with Crippen LogP contribution in [0.15, 0.2) is 30.3 Å². The Balaban J connectivity index is 1.69. The first kappa shape index (κ1) is 14.6. The summed E-state index contributed by atoms with van der Waals surface area (Å²) >= 11 is 0. The molecule has 0 aromatic heterocycles. The fourth-order valence-electron chi connectivity index (χ4n) is 3.98. The average molecular weight is 286 g/mol. The molecule has 2 aliphatic rings. The molecule has 1 amide bonds. The molecule has 21 heavy (non-hydrogen) atoms. The Morgan fingerprint density at radius 2 is 2.05 bits per heavy atom. The number of carbonyl (C=O) groups is 1. The highest BCUT2D eigenvalue weighted by molar-refractivity contribution is 5.73. The van der Waals surface area contributed by atoms with Gasteiger partial charge in [0.25, 0.3) is 0 Å². The molecule has 1 aromatic carbocycles. The molecule has 0 aliphatic carbocycles. The first-order chi connectivity index (χ1) is 10.2. The molecule has 114 valence electrons. The second-order valence-electron chi connectivity index (χ2n) is 6.52. The summed E-state index contributed by atoms with van der Waals surface area (Å²) in [6.07, 6.45) is 7.07. The summed E-state index contributed by atoms with van der Waals surface area (Å²) in [6.45, 7) is 2.67. The Kier molecular flexibility index (Phi) is 4.59. The van der Waals surface area contributed by atoms with Crippen LogP contribution in [0.4, 0.5) is 0 Å². The summed E-state index contributed by atoms with van der Waals surface area (Å²) in [7, 11) is 0. The van der Waals surface area contributed by atoms with Gasteiger partial charge in [0.05, 0.1) is 0 Å². The van der Waals surface area contributed by atoms with Gasteiger partial charge in [-0.15, -0.1) is 0 Å². The van der Waals surface area contributed by atoms with Gasteiger partial charge in [0.2, 0.25) is 5.91 Å². The van der Waals surface area contributed by atoms with Gasteiger partial charge in [-0.2, -0.15) is 0 Å². The van der Waals surface area contributed by atoms with Gasteiger partial charge in [-0.05, 0) is 31.2 Å². The van der Waals surface area contributed by atoms with Gasteiger partial charge in [0, 0.05) is 31.6 Å². The monoisotopic (exact) mass is 286 g/mol. The Bertz CT molecular complexity index is 473. The minimum Gasteiger partial charge on any atom is -0.338 e. The molecule has 0 saturated carbocycles. The number of nitrogens with zero attached hydrogens (tertiary/aromatic N) is 1. The van der Waals surface area contributed by atoms with Crippen LogP contribution >= 0.6 is 0 Å². The van der Waals surface area contributed by atoms with Crippen LogP contribution in [0.5, 0.6) is 0 Å². The van der Waals surface area contributed by atoms with Gasteiger partial charge in [-0.3, -0.25) is 4.79 Å². The molecule has 3 heteroatoms. The molecular weight excluding hydrogens is 260 g/mol. The molecule has 3 atom stereocenters. The van der Waals surface area contributed by atoms with Crippen LogP contribution in [0.3, 0.4) is 0 Å². The second kappa shape index (κ2) is 6.61. The van der Waals surface area contributed by atoms with Gasteiger partial charge in [0.15, 0.2) is 0 Å². The zero-order valence-corrected chi connectivity index (χ0v) is 12.9. The minimum absolute atomic E-state index is 0.245. The predicted octanol–water partition coefficient (Wildman–Crippen LogP) is 2.75. The maximum atomic E-state index is 12.0. The maximum absolute atomic E-state index is 12.0. The van der Waals surface area contributed by atoms with E-state index in [0.29, 0.717) is 18.1 Å². The molecule has 2 aliphatic heterocycles. The molecule has 3 nitrogen and oxygen atoms in total. The normalized spacial score (nSPS) is 29.6. The number of nitrogens with one attached hydrogen (secondary N) is 1. The van der Waals surface area contributed by atoms with Crippen LogP contribution < -0.4 is 5.32 Å². The first-order valence-corrected chi connectivity index (χ1v) is 8.31. The molecule has 0 spiro atoms. The fourth-order valence-corrected chi connectivity index (χ4v) is 3.98. The van der Waals surface area contributed by atoms with Gasteiger partial charge in [-0.25, -0.2) is 0 Å². The van der Waals surface area contributed by atoms with Crippen molar-refractivity contribution in [2.75, 3.05) is 6.54 Å². The second-order valence-corrected chi connectivity index (χ2v) is 6.52. The number of rotatable bonds is 2. The van der Waals surface area contributed by atoms with E-state index in [1.807, 2.05) is 0 Å². The molecule has 1 aromatic rings. The van der Waals surface area contributed by atoms with E-state index in [2.05, 4.69) is 40.5 Å². The molecule has 0 bridgehead atoms. The summed E-state index contributed by atoms with van der Waals surface area (Å²) in [5, 5.41) is 3.80. The molecule has 3 rings (SSSR count). The van der Waals surface area contributed by atoms with Crippen LogP contribution in [-0.2, 0) is 11.2 Å². The Labute approximate surface area is 127 Å². The highest BCUT2D eigenvalue weighted by atomic mass is 16.2. The van der Waals surface area contributed by atoms with Crippen LogP contribution in [0.25, 0.3) is 0 Å². The van der Waals surface area contributed by atoms with Crippen LogP contribution in [-0.4, -0.2) is 35.5 Å². The number of fused-ring (bicyclic) bond motifs is 1. The van der Waals surface area contributed by atoms with Crippen molar-refractivity contribution < 1.29 is 4.79 Å². The molecule has 2 fully saturated rings. The van der Waals surface area contributed by atoms with E-state index < -0.39 is 0 Å². The SMILES string of the molecule is CC(=O)N1CCCCC[C@H]2N[C@H](Cc3ccccc3)C[C@@H]21. The van der Waals surface area contributed by atoms with Crippen molar-refractivity contribution in [1.82, 2.24) is 10.2 Å². The zero-order chi connectivity index (χ0) is 14.7. The third-order valence-corrected chi connectivity index (χ3v) is 4.98. The van der Waals surface area contributed by atoms with Crippen molar-refractivity contribution in [1.29, 1.82) is 0 Å². The lowest BCUT2D eigenvalue weighted by Crippen LogP contribution is -2.47. The maximum Gasteiger partial charge on any atom is 0.219 e. The van der Waals surface area contributed by atoms with Crippen molar-refractivity contribution in [3.63, 3.8) is 0 Å². The summed E-state index contributed by atoms with van der Waals surface area (Å²) in [5.74, 6) is 0.245. The fraction of sp³-hybridized carbons (Fsp3) is 0.611. The number of hydrogen-bond donors (Lipinski definition) is 1.